The molecular weight excluding hydrogens is 292 g/mol. The number of rotatable bonds is 8. The van der Waals surface area contributed by atoms with E-state index in [1.54, 1.807) is 12.1 Å². The van der Waals surface area contributed by atoms with Gasteiger partial charge in [0, 0.05) is 6.42 Å². The summed E-state index contributed by atoms with van der Waals surface area (Å²) >= 11 is 0. The fraction of sp³-hybridized carbons (Fsp3) is 0.474. The normalized spacial score (nSPS) is 13.2. The van der Waals surface area contributed by atoms with Crippen molar-refractivity contribution >= 4 is 17.6 Å². The molecule has 0 saturated carbocycles. The van der Waals surface area contributed by atoms with Gasteiger partial charge in [-0.25, -0.2) is 0 Å². The third kappa shape index (κ3) is 4.44. The largest absolute Gasteiger partial charge is 0.504 e. The lowest BCUT2D eigenvalue weighted by Gasteiger charge is -2.17. The molecular formula is C19H24O4. The van der Waals surface area contributed by atoms with Gasteiger partial charge in [-0.05, 0) is 54.2 Å². The third-order valence-electron chi connectivity index (χ3n) is 4.21. The van der Waals surface area contributed by atoms with Crippen LogP contribution < -0.4 is 4.74 Å². The molecule has 0 aromatic heterocycles. The van der Waals surface area contributed by atoms with Gasteiger partial charge < -0.3 is 9.84 Å². The van der Waals surface area contributed by atoms with Gasteiger partial charge in [-0.1, -0.05) is 19.8 Å². The Morgan fingerprint density at radius 3 is 2.70 bits per heavy atom. The highest BCUT2D eigenvalue weighted by Gasteiger charge is 2.20. The molecule has 23 heavy (non-hydrogen) atoms. The van der Waals surface area contributed by atoms with E-state index in [0.29, 0.717) is 30.6 Å². The van der Waals surface area contributed by atoms with E-state index >= 15 is 0 Å². The molecule has 0 amide bonds. The van der Waals surface area contributed by atoms with Gasteiger partial charge in [-0.15, -0.1) is 0 Å². The number of benzene rings is 1. The highest BCUT2D eigenvalue weighted by atomic mass is 16.5. The van der Waals surface area contributed by atoms with Crippen molar-refractivity contribution < 1.29 is 19.4 Å². The van der Waals surface area contributed by atoms with Crippen LogP contribution in [-0.2, 0) is 16.0 Å². The van der Waals surface area contributed by atoms with Crippen LogP contribution >= 0.6 is 0 Å². The zero-order chi connectivity index (χ0) is 16.8. The Balaban J connectivity index is 2.06. The molecule has 0 aliphatic heterocycles. The molecule has 1 aliphatic carbocycles. The second-order valence-electron chi connectivity index (χ2n) is 5.99. The summed E-state index contributed by atoms with van der Waals surface area (Å²) < 4.78 is 5.11. The van der Waals surface area contributed by atoms with Crippen molar-refractivity contribution in [3.05, 3.63) is 28.8 Å². The number of phenolic OH excluding ortho intramolecular Hbond substituents is 1. The summed E-state index contributed by atoms with van der Waals surface area (Å²) in [5.74, 6) is 0.451. The van der Waals surface area contributed by atoms with E-state index in [2.05, 4.69) is 6.92 Å². The number of hydrogen-bond acceptors (Lipinski definition) is 4. The number of unbranched alkanes of at least 4 members (excludes halogenated alkanes) is 2. The van der Waals surface area contributed by atoms with Crippen LogP contribution in [0.25, 0.3) is 6.08 Å². The number of Topliss-reactive ketones (excluding diaryl/α,β-unsaturated/α-hetero) is 2. The van der Waals surface area contributed by atoms with Gasteiger partial charge in [0.25, 0.3) is 0 Å². The van der Waals surface area contributed by atoms with Crippen LogP contribution in [-0.4, -0.2) is 23.8 Å². The maximum Gasteiger partial charge on any atom is 0.166 e. The minimum atomic E-state index is -0.0795. The standard InChI is InChI=1S/C19H24O4/c1-3-4-5-6-16(20)12-17(21)14-8-7-13-10-18(22)19(23-2)11-15(13)9-14/h9-11,22H,3-8,12H2,1-2H3. The number of carbonyl (C=O) groups excluding carboxylic acids is 2. The summed E-state index contributed by atoms with van der Waals surface area (Å²) in [7, 11) is 1.50. The molecule has 0 atom stereocenters. The summed E-state index contributed by atoms with van der Waals surface area (Å²) in [6, 6.07) is 3.42. The summed E-state index contributed by atoms with van der Waals surface area (Å²) in [5.41, 5.74) is 2.57. The zero-order valence-electron chi connectivity index (χ0n) is 13.9. The topological polar surface area (TPSA) is 63.6 Å². The maximum absolute atomic E-state index is 12.3. The monoisotopic (exact) mass is 316 g/mol. The minimum absolute atomic E-state index is 0.0000987. The summed E-state index contributed by atoms with van der Waals surface area (Å²) in [4.78, 5) is 24.2. The molecule has 4 nitrogen and oxygen atoms in total. The van der Waals surface area contributed by atoms with Crippen molar-refractivity contribution in [3.63, 3.8) is 0 Å². The lowest BCUT2D eigenvalue weighted by molar-refractivity contribution is -0.125. The molecule has 1 aromatic rings. The molecule has 2 rings (SSSR count). The Morgan fingerprint density at radius 1 is 1.22 bits per heavy atom. The van der Waals surface area contributed by atoms with Gasteiger partial charge in [0.1, 0.15) is 5.78 Å². The molecule has 1 aromatic carbocycles. The van der Waals surface area contributed by atoms with Crippen LogP contribution in [0.4, 0.5) is 0 Å². The molecule has 0 radical (unpaired) electrons. The molecule has 0 saturated heterocycles. The second-order valence-corrected chi connectivity index (χ2v) is 5.99. The van der Waals surface area contributed by atoms with E-state index in [0.717, 1.165) is 30.4 Å². The summed E-state index contributed by atoms with van der Waals surface area (Å²) in [6.07, 6.45) is 6.57. The van der Waals surface area contributed by atoms with Crippen molar-refractivity contribution in [1.29, 1.82) is 0 Å². The first-order valence-electron chi connectivity index (χ1n) is 8.20. The SMILES string of the molecule is CCCCCC(=O)CC(=O)C1=Cc2cc(OC)c(O)cc2CC1. The molecule has 4 heteroatoms. The second kappa shape index (κ2) is 7.95. The number of phenols is 1. The minimum Gasteiger partial charge on any atom is -0.504 e. The number of fused-ring (bicyclic) bond motifs is 1. The van der Waals surface area contributed by atoms with E-state index in [1.807, 2.05) is 6.08 Å². The number of aryl methyl sites for hydroxylation is 1. The molecule has 0 bridgehead atoms. The average molecular weight is 316 g/mol. The highest BCUT2D eigenvalue weighted by Crippen LogP contribution is 2.34. The number of carbonyl (C=O) groups is 2. The zero-order valence-corrected chi connectivity index (χ0v) is 13.9. The van der Waals surface area contributed by atoms with Crippen LogP contribution in [0.5, 0.6) is 11.5 Å². The van der Waals surface area contributed by atoms with E-state index in [1.165, 1.54) is 7.11 Å². The van der Waals surface area contributed by atoms with Crippen LogP contribution in [0, 0.1) is 0 Å². The van der Waals surface area contributed by atoms with Crippen molar-refractivity contribution in [3.8, 4) is 11.5 Å². The highest BCUT2D eigenvalue weighted by molar-refractivity contribution is 6.10. The number of ketones is 2. The lowest BCUT2D eigenvalue weighted by Crippen LogP contribution is -2.13. The average Bonchev–Trinajstić information content (AvgIpc) is 2.53. The number of aromatic hydroxyl groups is 1. The lowest BCUT2D eigenvalue weighted by atomic mass is 9.88. The molecule has 0 fully saturated rings. The van der Waals surface area contributed by atoms with Crippen LogP contribution in [0.15, 0.2) is 17.7 Å². The Morgan fingerprint density at radius 2 is 2.00 bits per heavy atom. The summed E-state index contributed by atoms with van der Waals surface area (Å²) in [6.45, 7) is 2.09. The smallest absolute Gasteiger partial charge is 0.166 e. The van der Waals surface area contributed by atoms with E-state index in [9.17, 15) is 14.7 Å². The number of methoxy groups -OCH3 is 1. The Bertz CT molecular complexity index is 629. The Labute approximate surface area is 137 Å². The predicted molar refractivity (Wildman–Crippen MR) is 89.7 cm³/mol. The Hall–Kier alpha value is -2.10. The van der Waals surface area contributed by atoms with Crippen molar-refractivity contribution in [1.82, 2.24) is 0 Å². The molecule has 1 aliphatic rings. The first-order valence-corrected chi connectivity index (χ1v) is 8.20. The van der Waals surface area contributed by atoms with Gasteiger partial charge in [0.2, 0.25) is 0 Å². The number of ether oxygens (including phenoxy) is 1. The van der Waals surface area contributed by atoms with Crippen LogP contribution in [0.3, 0.4) is 0 Å². The van der Waals surface area contributed by atoms with Gasteiger partial charge in [0.15, 0.2) is 17.3 Å². The fourth-order valence-corrected chi connectivity index (χ4v) is 2.84. The van der Waals surface area contributed by atoms with Crippen LogP contribution in [0.2, 0.25) is 0 Å². The van der Waals surface area contributed by atoms with Crippen LogP contribution in [0.1, 0.15) is 56.6 Å². The molecule has 0 heterocycles. The fourth-order valence-electron chi connectivity index (χ4n) is 2.84. The molecule has 1 N–H and O–H groups in total. The molecule has 124 valence electrons. The number of allylic oxidation sites excluding steroid dienone is 1. The third-order valence-corrected chi connectivity index (χ3v) is 4.21. The van der Waals surface area contributed by atoms with Gasteiger partial charge in [0.05, 0.1) is 13.5 Å². The van der Waals surface area contributed by atoms with E-state index in [4.69, 9.17) is 4.74 Å². The number of hydrogen-bond donors (Lipinski definition) is 1. The van der Waals surface area contributed by atoms with Gasteiger partial charge in [-0.3, -0.25) is 9.59 Å². The van der Waals surface area contributed by atoms with Crippen molar-refractivity contribution in [2.75, 3.05) is 7.11 Å². The first-order chi connectivity index (χ1) is 11.0. The maximum atomic E-state index is 12.3. The molecule has 0 unspecified atom stereocenters. The van der Waals surface area contributed by atoms with Crippen molar-refractivity contribution in [2.24, 2.45) is 0 Å². The van der Waals surface area contributed by atoms with Crippen molar-refractivity contribution in [2.45, 2.75) is 51.9 Å². The predicted octanol–water partition coefficient (Wildman–Crippen LogP) is 3.84. The Kier molecular flexibility index (Phi) is 5.97. The summed E-state index contributed by atoms with van der Waals surface area (Å²) in [5, 5.41) is 9.81. The molecule has 0 spiro atoms. The van der Waals surface area contributed by atoms with E-state index < -0.39 is 0 Å². The van der Waals surface area contributed by atoms with Gasteiger partial charge in [-0.2, -0.15) is 0 Å². The quantitative estimate of drug-likeness (QED) is 0.584. The van der Waals surface area contributed by atoms with Gasteiger partial charge >= 0.3 is 0 Å². The first kappa shape index (κ1) is 17.3. The van der Waals surface area contributed by atoms with E-state index in [-0.39, 0.29) is 23.7 Å².